The number of amides is 3. The lowest BCUT2D eigenvalue weighted by molar-refractivity contribution is -0.120. The van der Waals surface area contributed by atoms with Crippen LogP contribution in [0.3, 0.4) is 0 Å². The van der Waals surface area contributed by atoms with E-state index in [4.69, 9.17) is 0 Å². The Balaban J connectivity index is 1.76. The Labute approximate surface area is 178 Å². The molecule has 0 aliphatic carbocycles. The number of likely N-dealkylation sites (N-methyl/N-ethyl adjacent to an activating group) is 1. The van der Waals surface area contributed by atoms with Crippen molar-refractivity contribution in [1.29, 1.82) is 0 Å². The second-order valence-electron chi connectivity index (χ2n) is 6.77. The normalized spacial score (nSPS) is 13.7. The second-order valence-corrected chi connectivity index (χ2v) is 7.72. The number of carbonyl (C=O) groups is 3. The minimum absolute atomic E-state index is 0.190. The maximum absolute atomic E-state index is 13.4. The van der Waals surface area contributed by atoms with Crippen LogP contribution >= 0.6 is 11.3 Å². The smallest absolute Gasteiger partial charge is 0.282 e. The molecule has 2 heterocycles. The van der Waals surface area contributed by atoms with Crippen LogP contribution in [-0.2, 0) is 14.4 Å². The molecular weight excluding hydrogens is 398 g/mol. The zero-order valence-electron chi connectivity index (χ0n) is 16.5. The number of para-hydroxylation sites is 1. The van der Waals surface area contributed by atoms with Gasteiger partial charge in [-0.05, 0) is 47.8 Å². The molecule has 0 spiro atoms. The highest BCUT2D eigenvalue weighted by atomic mass is 32.1. The number of thiophene rings is 1. The molecule has 3 amide bonds. The van der Waals surface area contributed by atoms with Gasteiger partial charge < -0.3 is 10.2 Å². The Kier molecular flexibility index (Phi) is 5.20. The van der Waals surface area contributed by atoms with E-state index in [1.807, 2.05) is 47.8 Å². The van der Waals surface area contributed by atoms with E-state index < -0.39 is 0 Å². The minimum Gasteiger partial charge on any atom is -0.339 e. The molecule has 150 valence electrons. The average Bonchev–Trinajstić information content (AvgIpc) is 3.35. The standard InChI is InChI=1S/C23H19N3O3S/c1-15(27)24-16-10-12-18(13-11-16)26-22(28)20(19-9-6-14-30-19)21(23(26)29)25(2)17-7-4-3-5-8-17/h3-14H,1-2H3,(H,24,27). The van der Waals surface area contributed by atoms with Crippen LogP contribution in [0.4, 0.5) is 17.1 Å². The number of hydrogen-bond donors (Lipinski definition) is 1. The highest BCUT2D eigenvalue weighted by Crippen LogP contribution is 2.37. The number of nitrogens with one attached hydrogen (secondary N) is 1. The van der Waals surface area contributed by atoms with Crippen molar-refractivity contribution in [3.8, 4) is 0 Å². The molecule has 30 heavy (non-hydrogen) atoms. The van der Waals surface area contributed by atoms with E-state index in [0.717, 1.165) is 10.6 Å². The largest absolute Gasteiger partial charge is 0.339 e. The van der Waals surface area contributed by atoms with Crippen LogP contribution < -0.4 is 15.1 Å². The first-order chi connectivity index (χ1) is 14.5. The summed E-state index contributed by atoms with van der Waals surface area (Å²) in [5, 5.41) is 4.56. The van der Waals surface area contributed by atoms with E-state index >= 15 is 0 Å². The van der Waals surface area contributed by atoms with E-state index in [-0.39, 0.29) is 17.7 Å². The van der Waals surface area contributed by atoms with Crippen LogP contribution in [0.15, 0.2) is 77.8 Å². The van der Waals surface area contributed by atoms with Crippen molar-refractivity contribution in [3.05, 3.63) is 82.7 Å². The van der Waals surface area contributed by atoms with Gasteiger partial charge in [0.2, 0.25) is 5.91 Å². The molecule has 0 saturated heterocycles. The van der Waals surface area contributed by atoms with Crippen molar-refractivity contribution in [2.45, 2.75) is 6.92 Å². The summed E-state index contributed by atoms with van der Waals surface area (Å²) in [7, 11) is 1.78. The fourth-order valence-electron chi connectivity index (χ4n) is 3.38. The summed E-state index contributed by atoms with van der Waals surface area (Å²) in [5.74, 6) is -0.945. The van der Waals surface area contributed by atoms with Crippen LogP contribution in [0.2, 0.25) is 0 Å². The van der Waals surface area contributed by atoms with Crippen LogP contribution in [-0.4, -0.2) is 24.8 Å². The van der Waals surface area contributed by atoms with Crippen molar-refractivity contribution < 1.29 is 14.4 Å². The number of nitrogens with zero attached hydrogens (tertiary/aromatic N) is 2. The van der Waals surface area contributed by atoms with Crippen molar-refractivity contribution in [1.82, 2.24) is 0 Å². The zero-order valence-corrected chi connectivity index (χ0v) is 17.3. The molecule has 0 bridgehead atoms. The SMILES string of the molecule is CC(=O)Nc1ccc(N2C(=O)C(c3cccs3)=C(N(C)c3ccccc3)C2=O)cc1. The lowest BCUT2D eigenvalue weighted by Gasteiger charge is -2.21. The Morgan fingerprint density at radius 3 is 2.23 bits per heavy atom. The summed E-state index contributed by atoms with van der Waals surface area (Å²) in [6.45, 7) is 1.42. The van der Waals surface area contributed by atoms with Crippen molar-refractivity contribution in [2.75, 3.05) is 22.2 Å². The number of rotatable bonds is 5. The van der Waals surface area contributed by atoms with Gasteiger partial charge in [0.25, 0.3) is 11.8 Å². The fourth-order valence-corrected chi connectivity index (χ4v) is 4.15. The molecule has 0 unspecified atom stereocenters. The van der Waals surface area contributed by atoms with Crippen molar-refractivity contribution in [2.24, 2.45) is 0 Å². The fraction of sp³-hybridized carbons (Fsp3) is 0.0870. The lowest BCUT2D eigenvalue weighted by atomic mass is 10.1. The summed E-state index contributed by atoms with van der Waals surface area (Å²) < 4.78 is 0. The van der Waals surface area contributed by atoms with Crippen LogP contribution in [0.5, 0.6) is 0 Å². The van der Waals surface area contributed by atoms with Gasteiger partial charge in [0, 0.05) is 30.2 Å². The van der Waals surface area contributed by atoms with E-state index in [0.29, 0.717) is 22.6 Å². The molecular formula is C23H19N3O3S. The average molecular weight is 417 g/mol. The van der Waals surface area contributed by atoms with Gasteiger partial charge in [-0.15, -0.1) is 11.3 Å². The molecule has 0 radical (unpaired) electrons. The molecule has 0 fully saturated rings. The Bertz CT molecular complexity index is 1140. The van der Waals surface area contributed by atoms with Crippen LogP contribution in [0, 0.1) is 0 Å². The number of hydrogen-bond acceptors (Lipinski definition) is 5. The molecule has 2 aromatic carbocycles. The minimum atomic E-state index is -0.387. The molecule has 4 rings (SSSR count). The molecule has 3 aromatic rings. The molecule has 1 aromatic heterocycles. The molecule has 1 N–H and O–H groups in total. The number of benzene rings is 2. The third-order valence-electron chi connectivity index (χ3n) is 4.75. The predicted molar refractivity (Wildman–Crippen MR) is 119 cm³/mol. The first-order valence-corrected chi connectivity index (χ1v) is 10.2. The molecule has 0 atom stereocenters. The van der Waals surface area contributed by atoms with Gasteiger partial charge in [-0.3, -0.25) is 14.4 Å². The quantitative estimate of drug-likeness (QED) is 0.634. The van der Waals surface area contributed by atoms with E-state index in [1.165, 1.54) is 23.2 Å². The number of imide groups is 1. The third kappa shape index (κ3) is 3.51. The molecule has 7 heteroatoms. The Morgan fingerprint density at radius 1 is 0.933 bits per heavy atom. The summed E-state index contributed by atoms with van der Waals surface area (Å²) in [6.07, 6.45) is 0. The van der Waals surface area contributed by atoms with Crippen LogP contribution in [0.25, 0.3) is 5.57 Å². The second kappa shape index (κ2) is 7.96. The van der Waals surface area contributed by atoms with Gasteiger partial charge >= 0.3 is 0 Å². The summed E-state index contributed by atoms with van der Waals surface area (Å²) >= 11 is 1.42. The van der Waals surface area contributed by atoms with Gasteiger partial charge in [0.15, 0.2) is 0 Å². The van der Waals surface area contributed by atoms with Gasteiger partial charge in [-0.1, -0.05) is 24.3 Å². The third-order valence-corrected chi connectivity index (χ3v) is 5.64. The Hall–Kier alpha value is -3.71. The Morgan fingerprint density at radius 2 is 1.63 bits per heavy atom. The summed E-state index contributed by atoms with van der Waals surface area (Å²) in [6, 6.07) is 19.8. The zero-order chi connectivity index (χ0) is 21.3. The monoisotopic (exact) mass is 417 g/mol. The van der Waals surface area contributed by atoms with Gasteiger partial charge in [-0.2, -0.15) is 0 Å². The first-order valence-electron chi connectivity index (χ1n) is 9.30. The first kappa shape index (κ1) is 19.6. The van der Waals surface area contributed by atoms with E-state index in [9.17, 15) is 14.4 Å². The van der Waals surface area contributed by atoms with E-state index in [1.54, 1.807) is 36.2 Å². The van der Waals surface area contributed by atoms with E-state index in [2.05, 4.69) is 5.32 Å². The molecule has 1 aliphatic heterocycles. The maximum Gasteiger partial charge on any atom is 0.282 e. The van der Waals surface area contributed by atoms with Gasteiger partial charge in [-0.25, -0.2) is 4.90 Å². The summed E-state index contributed by atoms with van der Waals surface area (Å²) in [5.41, 5.74) is 2.57. The van der Waals surface area contributed by atoms with Gasteiger partial charge in [0.05, 0.1) is 11.3 Å². The molecule has 1 aliphatic rings. The highest BCUT2D eigenvalue weighted by Gasteiger charge is 2.42. The highest BCUT2D eigenvalue weighted by molar-refractivity contribution is 7.11. The van der Waals surface area contributed by atoms with Gasteiger partial charge in [0.1, 0.15) is 5.70 Å². The molecule has 0 saturated carbocycles. The lowest BCUT2D eigenvalue weighted by Crippen LogP contribution is -2.34. The topological polar surface area (TPSA) is 69.7 Å². The van der Waals surface area contributed by atoms with Crippen molar-refractivity contribution in [3.63, 3.8) is 0 Å². The maximum atomic E-state index is 13.4. The van der Waals surface area contributed by atoms with Crippen molar-refractivity contribution >= 4 is 51.7 Å². The molecule has 6 nitrogen and oxygen atoms in total. The summed E-state index contributed by atoms with van der Waals surface area (Å²) in [4.78, 5) is 41.7. The number of carbonyl (C=O) groups excluding carboxylic acids is 3. The predicted octanol–water partition coefficient (Wildman–Crippen LogP) is 4.13. The van der Waals surface area contributed by atoms with Crippen LogP contribution in [0.1, 0.15) is 11.8 Å². The number of anilines is 3.